The highest BCUT2D eigenvalue weighted by atomic mass is 16.4. The van der Waals surface area contributed by atoms with Gasteiger partial charge in [-0.15, -0.1) is 0 Å². The number of carboxylic acids is 1. The Balaban J connectivity index is 2.34. The second-order valence-electron chi connectivity index (χ2n) is 4.92. The Morgan fingerprint density at radius 1 is 1.12 bits per heavy atom. The molecule has 86 valence electrons. The second kappa shape index (κ2) is 3.93. The topological polar surface area (TPSA) is 37.3 Å². The van der Waals surface area contributed by atoms with Crippen molar-refractivity contribution in [2.75, 3.05) is 0 Å². The first-order valence-electron chi connectivity index (χ1n) is 5.81. The van der Waals surface area contributed by atoms with E-state index in [1.807, 2.05) is 0 Å². The van der Waals surface area contributed by atoms with Crippen LogP contribution in [0.1, 0.15) is 41.0 Å². The van der Waals surface area contributed by atoms with Gasteiger partial charge >= 0.3 is 5.97 Å². The van der Waals surface area contributed by atoms with Crippen LogP contribution in [0.5, 0.6) is 0 Å². The molecular formula is C14H18O2. The van der Waals surface area contributed by atoms with E-state index in [-0.39, 0.29) is 11.8 Å². The van der Waals surface area contributed by atoms with Gasteiger partial charge in [0.25, 0.3) is 0 Å². The Bertz CT molecular complexity index is 435. The molecule has 0 spiro atoms. The van der Waals surface area contributed by atoms with Gasteiger partial charge in [-0.2, -0.15) is 0 Å². The molecule has 1 N–H and O–H groups in total. The SMILES string of the molecule is Cc1cc(C)c(C2CCC2C(=O)O)cc1C. The Hall–Kier alpha value is -1.31. The fraction of sp³-hybridized carbons (Fsp3) is 0.500. The van der Waals surface area contributed by atoms with Gasteiger partial charge in [0.05, 0.1) is 5.92 Å². The van der Waals surface area contributed by atoms with E-state index in [2.05, 4.69) is 32.9 Å². The fourth-order valence-electron chi connectivity index (χ4n) is 2.55. The van der Waals surface area contributed by atoms with E-state index in [9.17, 15) is 4.79 Å². The van der Waals surface area contributed by atoms with Crippen LogP contribution in [0.25, 0.3) is 0 Å². The average Bonchev–Trinajstić information content (AvgIpc) is 2.11. The lowest BCUT2D eigenvalue weighted by molar-refractivity contribution is -0.145. The molecule has 1 aromatic carbocycles. The lowest BCUT2D eigenvalue weighted by Gasteiger charge is -2.35. The summed E-state index contributed by atoms with van der Waals surface area (Å²) in [6, 6.07) is 4.34. The zero-order valence-electron chi connectivity index (χ0n) is 10.1. The minimum absolute atomic E-state index is 0.166. The predicted molar refractivity (Wildman–Crippen MR) is 63.8 cm³/mol. The monoisotopic (exact) mass is 218 g/mol. The van der Waals surface area contributed by atoms with Crippen LogP contribution in [0.2, 0.25) is 0 Å². The molecule has 0 radical (unpaired) electrons. The fourth-order valence-corrected chi connectivity index (χ4v) is 2.55. The number of hydrogen-bond donors (Lipinski definition) is 1. The van der Waals surface area contributed by atoms with Gasteiger partial charge in [-0.05, 0) is 61.8 Å². The van der Waals surface area contributed by atoms with Gasteiger partial charge in [-0.3, -0.25) is 4.79 Å². The van der Waals surface area contributed by atoms with Gasteiger partial charge in [-0.25, -0.2) is 0 Å². The first kappa shape index (κ1) is 11.2. The molecule has 2 nitrogen and oxygen atoms in total. The van der Waals surface area contributed by atoms with Gasteiger partial charge < -0.3 is 5.11 Å². The molecular weight excluding hydrogens is 200 g/mol. The van der Waals surface area contributed by atoms with Crippen molar-refractivity contribution in [1.82, 2.24) is 0 Å². The van der Waals surface area contributed by atoms with Crippen LogP contribution in [0.3, 0.4) is 0 Å². The molecule has 1 fully saturated rings. The van der Waals surface area contributed by atoms with Crippen molar-refractivity contribution in [3.8, 4) is 0 Å². The highest BCUT2D eigenvalue weighted by Gasteiger charge is 2.38. The number of carbonyl (C=O) groups is 1. The van der Waals surface area contributed by atoms with Gasteiger partial charge in [0.1, 0.15) is 0 Å². The molecule has 0 amide bonds. The molecule has 1 aromatic rings. The smallest absolute Gasteiger partial charge is 0.307 e. The maximum absolute atomic E-state index is 11.0. The number of aryl methyl sites for hydroxylation is 3. The van der Waals surface area contributed by atoms with E-state index in [0.717, 1.165) is 12.8 Å². The Morgan fingerprint density at radius 3 is 2.25 bits per heavy atom. The van der Waals surface area contributed by atoms with Crippen LogP contribution in [-0.2, 0) is 4.79 Å². The molecule has 1 aliphatic carbocycles. The third-order valence-corrected chi connectivity index (χ3v) is 3.87. The second-order valence-corrected chi connectivity index (χ2v) is 4.92. The molecule has 1 aliphatic rings. The molecule has 0 saturated heterocycles. The van der Waals surface area contributed by atoms with E-state index in [4.69, 9.17) is 5.11 Å². The molecule has 2 rings (SSSR count). The van der Waals surface area contributed by atoms with Crippen molar-refractivity contribution in [3.63, 3.8) is 0 Å². The molecule has 16 heavy (non-hydrogen) atoms. The van der Waals surface area contributed by atoms with Gasteiger partial charge in [-0.1, -0.05) is 12.1 Å². The number of hydrogen-bond acceptors (Lipinski definition) is 1. The van der Waals surface area contributed by atoms with Crippen LogP contribution in [0.15, 0.2) is 12.1 Å². The highest BCUT2D eigenvalue weighted by molar-refractivity contribution is 5.73. The summed E-state index contributed by atoms with van der Waals surface area (Å²) in [6.45, 7) is 6.27. The molecule has 1 saturated carbocycles. The lowest BCUT2D eigenvalue weighted by atomic mass is 9.68. The maximum atomic E-state index is 11.0. The zero-order chi connectivity index (χ0) is 11.9. The van der Waals surface area contributed by atoms with Crippen LogP contribution in [-0.4, -0.2) is 11.1 Å². The Labute approximate surface area is 96.3 Å². The van der Waals surface area contributed by atoms with Crippen LogP contribution >= 0.6 is 0 Å². The first-order valence-corrected chi connectivity index (χ1v) is 5.81. The third kappa shape index (κ3) is 1.73. The predicted octanol–water partition coefficient (Wildman–Crippen LogP) is 3.19. The summed E-state index contributed by atoms with van der Waals surface area (Å²) in [5.74, 6) is -0.577. The molecule has 0 aliphatic heterocycles. The van der Waals surface area contributed by atoms with Crippen molar-refractivity contribution in [2.24, 2.45) is 5.92 Å². The van der Waals surface area contributed by atoms with Crippen molar-refractivity contribution >= 4 is 5.97 Å². The minimum Gasteiger partial charge on any atom is -0.481 e. The third-order valence-electron chi connectivity index (χ3n) is 3.87. The van der Waals surface area contributed by atoms with E-state index in [1.165, 1.54) is 22.3 Å². The molecule has 0 aromatic heterocycles. The maximum Gasteiger partial charge on any atom is 0.307 e. The van der Waals surface area contributed by atoms with Crippen molar-refractivity contribution in [3.05, 3.63) is 34.4 Å². The summed E-state index contributed by atoms with van der Waals surface area (Å²) in [7, 11) is 0. The minimum atomic E-state index is -0.645. The summed E-state index contributed by atoms with van der Waals surface area (Å²) in [6.07, 6.45) is 1.84. The molecule has 0 heterocycles. The Kier molecular flexibility index (Phi) is 2.75. The largest absolute Gasteiger partial charge is 0.481 e. The lowest BCUT2D eigenvalue weighted by Crippen LogP contribution is -2.31. The number of carboxylic acid groups (broad SMARTS) is 1. The summed E-state index contributed by atoms with van der Waals surface area (Å²) < 4.78 is 0. The summed E-state index contributed by atoms with van der Waals surface area (Å²) in [5.41, 5.74) is 5.02. The van der Waals surface area contributed by atoms with E-state index < -0.39 is 5.97 Å². The standard InChI is InChI=1S/C14H18O2/c1-8-6-10(3)13(7-9(8)2)11-4-5-12(11)14(15)16/h6-7,11-12H,4-5H2,1-3H3,(H,15,16). The number of aliphatic carboxylic acids is 1. The average molecular weight is 218 g/mol. The summed E-state index contributed by atoms with van der Waals surface area (Å²) in [4.78, 5) is 11.0. The molecule has 2 atom stereocenters. The van der Waals surface area contributed by atoms with Gasteiger partial charge in [0, 0.05) is 0 Å². The van der Waals surface area contributed by atoms with Crippen molar-refractivity contribution in [2.45, 2.75) is 39.5 Å². The van der Waals surface area contributed by atoms with E-state index in [1.54, 1.807) is 0 Å². The molecule has 2 heteroatoms. The van der Waals surface area contributed by atoms with Crippen molar-refractivity contribution in [1.29, 1.82) is 0 Å². The van der Waals surface area contributed by atoms with Gasteiger partial charge in [0.15, 0.2) is 0 Å². The molecule has 0 bridgehead atoms. The highest BCUT2D eigenvalue weighted by Crippen LogP contribution is 2.44. The first-order chi connectivity index (χ1) is 7.50. The van der Waals surface area contributed by atoms with E-state index >= 15 is 0 Å². The number of benzene rings is 1. The summed E-state index contributed by atoms with van der Waals surface area (Å²) in [5, 5.41) is 9.08. The zero-order valence-corrected chi connectivity index (χ0v) is 10.1. The number of rotatable bonds is 2. The van der Waals surface area contributed by atoms with Crippen LogP contribution in [0, 0.1) is 26.7 Å². The normalized spacial score (nSPS) is 23.9. The van der Waals surface area contributed by atoms with Gasteiger partial charge in [0.2, 0.25) is 0 Å². The van der Waals surface area contributed by atoms with Crippen molar-refractivity contribution < 1.29 is 9.90 Å². The van der Waals surface area contributed by atoms with Crippen LogP contribution in [0.4, 0.5) is 0 Å². The molecule has 2 unspecified atom stereocenters. The Morgan fingerprint density at radius 2 is 1.75 bits per heavy atom. The van der Waals surface area contributed by atoms with Crippen LogP contribution < -0.4 is 0 Å². The quantitative estimate of drug-likeness (QED) is 0.827. The summed E-state index contributed by atoms with van der Waals surface area (Å²) >= 11 is 0. The van der Waals surface area contributed by atoms with E-state index in [0.29, 0.717) is 0 Å².